The van der Waals surface area contributed by atoms with Crippen molar-refractivity contribution in [3.05, 3.63) is 0 Å². The molecule has 0 spiro atoms. The van der Waals surface area contributed by atoms with E-state index in [4.69, 9.17) is 0 Å². The van der Waals surface area contributed by atoms with E-state index in [1.165, 1.54) is 13.1 Å². The Hall–Kier alpha value is 1.42. The van der Waals surface area contributed by atoms with Gasteiger partial charge in [0.15, 0.2) is 0 Å². The number of alkyl halides is 1. The van der Waals surface area contributed by atoms with Gasteiger partial charge in [0.25, 0.3) is 0 Å². The first-order valence-electron chi connectivity index (χ1n) is 2.69. The normalized spacial score (nSPS) is 21.9. The molecule has 1 nitrogen and oxygen atoms in total. The van der Waals surface area contributed by atoms with E-state index < -0.39 is 0 Å². The number of halogens is 2. The molecule has 0 radical (unpaired) electrons. The van der Waals surface area contributed by atoms with Crippen LogP contribution in [0.3, 0.4) is 0 Å². The summed E-state index contributed by atoms with van der Waals surface area (Å²) < 4.78 is 0.583. The third-order valence-corrected chi connectivity index (χ3v) is 9.75. The molecule has 0 bridgehead atoms. The van der Waals surface area contributed by atoms with Crippen LogP contribution in [-0.2, 0) is 0 Å². The van der Waals surface area contributed by atoms with Crippen LogP contribution in [0, 0.1) is 0 Å². The van der Waals surface area contributed by atoms with Crippen LogP contribution in [0.5, 0.6) is 0 Å². The summed E-state index contributed by atoms with van der Waals surface area (Å²) in [6.07, 6.45) is 0. The van der Waals surface area contributed by atoms with Crippen molar-refractivity contribution < 1.29 is 17.2 Å². The molecule has 0 aromatic rings. The predicted octanol–water partition coefficient (Wildman–Crippen LogP) is -1.52. The Bertz CT molecular complexity index is 88.4. The molecular formula is C5H10I2N-. The van der Waals surface area contributed by atoms with E-state index in [1.807, 2.05) is 0 Å². The van der Waals surface area contributed by atoms with Crippen molar-refractivity contribution in [1.29, 1.82) is 0 Å². The SMILES string of the molecule is CC(C)([I-]I)N1CC1. The van der Waals surface area contributed by atoms with Crippen molar-refractivity contribution in [2.24, 2.45) is 0 Å². The Kier molecular flexibility index (Phi) is 2.42. The van der Waals surface area contributed by atoms with E-state index in [-0.39, 0.29) is 0 Å². The minimum atomic E-state index is 0.379. The van der Waals surface area contributed by atoms with Crippen molar-refractivity contribution in [2.75, 3.05) is 13.1 Å². The van der Waals surface area contributed by atoms with Gasteiger partial charge in [0.1, 0.15) is 0 Å². The van der Waals surface area contributed by atoms with Crippen LogP contribution < -0.4 is 17.2 Å². The molecule has 0 aromatic heterocycles. The maximum atomic E-state index is 2.55. The molecule has 0 aliphatic carbocycles. The van der Waals surface area contributed by atoms with Gasteiger partial charge in [0.05, 0.1) is 0 Å². The van der Waals surface area contributed by atoms with Crippen molar-refractivity contribution in [1.82, 2.24) is 4.90 Å². The van der Waals surface area contributed by atoms with Gasteiger partial charge in [0.2, 0.25) is 0 Å². The fourth-order valence-electron chi connectivity index (χ4n) is 0.627. The Balaban J connectivity index is 2.37. The van der Waals surface area contributed by atoms with Crippen LogP contribution in [0.15, 0.2) is 0 Å². The summed E-state index contributed by atoms with van der Waals surface area (Å²) in [5.74, 6) is 0. The summed E-state index contributed by atoms with van der Waals surface area (Å²) in [6.45, 7) is 7.38. The molecule has 1 aliphatic heterocycles. The predicted molar refractivity (Wildman–Crippen MR) is 39.7 cm³/mol. The van der Waals surface area contributed by atoms with Crippen molar-refractivity contribution in [3.8, 4) is 0 Å². The second kappa shape index (κ2) is 2.57. The molecule has 1 saturated heterocycles. The Morgan fingerprint density at radius 3 is 2.12 bits per heavy atom. The van der Waals surface area contributed by atoms with Crippen LogP contribution in [0.25, 0.3) is 0 Å². The summed E-state index contributed by atoms with van der Waals surface area (Å²) >= 11 is 2.93. The van der Waals surface area contributed by atoms with Crippen LogP contribution >= 0.6 is 18.6 Å². The molecule has 0 unspecified atom stereocenters. The second-order valence-corrected chi connectivity index (χ2v) is 8.25. The van der Waals surface area contributed by atoms with Crippen LogP contribution in [-0.4, -0.2) is 21.5 Å². The van der Waals surface area contributed by atoms with E-state index in [9.17, 15) is 0 Å². The van der Waals surface area contributed by atoms with E-state index in [0.717, 1.165) is 0 Å². The first-order chi connectivity index (χ1) is 3.67. The van der Waals surface area contributed by atoms with Gasteiger partial charge in [-0.05, 0) is 0 Å². The monoisotopic (exact) mass is 338 g/mol. The van der Waals surface area contributed by atoms with Crippen LogP contribution in [0.2, 0.25) is 0 Å². The van der Waals surface area contributed by atoms with Crippen molar-refractivity contribution in [3.63, 3.8) is 0 Å². The van der Waals surface area contributed by atoms with Crippen LogP contribution in [0.1, 0.15) is 13.8 Å². The maximum absolute atomic E-state index is 2.55. The second-order valence-electron chi connectivity index (χ2n) is 2.47. The Labute approximate surface area is 70.6 Å². The average molecular weight is 338 g/mol. The molecule has 0 aromatic carbocycles. The Morgan fingerprint density at radius 2 is 2.00 bits per heavy atom. The average Bonchev–Trinajstić information content (AvgIpc) is 2.44. The number of hydrogen-bond acceptors (Lipinski definition) is 1. The summed E-state index contributed by atoms with van der Waals surface area (Å²) in [4.78, 5) is 2.53. The van der Waals surface area contributed by atoms with Crippen molar-refractivity contribution >= 4 is 18.6 Å². The molecular weight excluding hydrogens is 328 g/mol. The van der Waals surface area contributed by atoms with E-state index in [1.54, 1.807) is 0 Å². The van der Waals surface area contributed by atoms with E-state index in [2.05, 4.69) is 37.4 Å². The van der Waals surface area contributed by atoms with Crippen molar-refractivity contribution in [2.45, 2.75) is 17.4 Å². The fraction of sp³-hybridized carbons (Fsp3) is 1.00. The first-order valence-corrected chi connectivity index (χ1v) is 10.1. The molecule has 8 heavy (non-hydrogen) atoms. The van der Waals surface area contributed by atoms with Gasteiger partial charge >= 0.3 is 71.2 Å². The third kappa shape index (κ3) is 1.70. The van der Waals surface area contributed by atoms with E-state index in [0.29, 0.717) is 20.8 Å². The molecule has 0 atom stereocenters. The molecule has 1 rings (SSSR count). The van der Waals surface area contributed by atoms with Gasteiger partial charge in [-0.15, -0.1) is 0 Å². The van der Waals surface area contributed by atoms with Gasteiger partial charge in [-0.2, -0.15) is 0 Å². The van der Waals surface area contributed by atoms with E-state index >= 15 is 0 Å². The zero-order chi connectivity index (χ0) is 6.20. The summed E-state index contributed by atoms with van der Waals surface area (Å²) in [6, 6.07) is 0. The molecule has 0 saturated carbocycles. The molecule has 0 amide bonds. The quantitative estimate of drug-likeness (QED) is 0.256. The standard InChI is InChI=1S/C5H10I2N/c1-5(2,7-6)8-3-4-8/h3-4H2,1-2H3/q-1. The molecule has 50 valence electrons. The zero-order valence-corrected chi connectivity index (χ0v) is 9.43. The molecule has 1 aliphatic rings. The molecule has 1 heterocycles. The van der Waals surface area contributed by atoms with Gasteiger partial charge in [-0.3, -0.25) is 0 Å². The van der Waals surface area contributed by atoms with Gasteiger partial charge in [-0.25, -0.2) is 0 Å². The summed E-state index contributed by atoms with van der Waals surface area (Å²) in [5.41, 5.74) is 0. The van der Waals surface area contributed by atoms with Crippen LogP contribution in [0.4, 0.5) is 0 Å². The fourth-order valence-corrected chi connectivity index (χ4v) is 3.10. The number of nitrogens with zero attached hydrogens (tertiary/aromatic N) is 1. The summed E-state index contributed by atoms with van der Waals surface area (Å²) in [5, 5.41) is 0. The molecule has 1 fully saturated rings. The topological polar surface area (TPSA) is 3.01 Å². The summed E-state index contributed by atoms with van der Waals surface area (Å²) in [7, 11) is 0. The molecule has 0 N–H and O–H groups in total. The Morgan fingerprint density at radius 1 is 1.50 bits per heavy atom. The number of hydrogen-bond donors (Lipinski definition) is 0. The van der Waals surface area contributed by atoms with Gasteiger partial charge in [0, 0.05) is 0 Å². The minimum absolute atomic E-state index is 0.379. The molecule has 3 heteroatoms. The van der Waals surface area contributed by atoms with Gasteiger partial charge < -0.3 is 0 Å². The first kappa shape index (κ1) is 7.53. The zero-order valence-electron chi connectivity index (χ0n) is 5.12. The third-order valence-electron chi connectivity index (χ3n) is 1.37. The number of rotatable bonds is 2. The van der Waals surface area contributed by atoms with Gasteiger partial charge in [-0.1, -0.05) is 0 Å².